The van der Waals surface area contributed by atoms with E-state index >= 15 is 0 Å². The molecule has 2 heterocycles. The first kappa shape index (κ1) is 32.0. The highest BCUT2D eigenvalue weighted by molar-refractivity contribution is 7.15. The quantitative estimate of drug-likeness (QED) is 0.277. The first-order chi connectivity index (χ1) is 19.1. The molecule has 3 N–H and O–H groups in total. The number of hydrogen-bond donors (Lipinski definition) is 3. The monoisotopic (exact) mass is 573 g/mol. The van der Waals surface area contributed by atoms with E-state index in [-0.39, 0.29) is 34.6 Å². The second-order valence-corrected chi connectivity index (χ2v) is 13.4. The number of thiophene rings is 1. The molecule has 3 fully saturated rings. The lowest BCUT2D eigenvalue weighted by Gasteiger charge is -2.35. The summed E-state index contributed by atoms with van der Waals surface area (Å²) in [5.74, 6) is 6.12. The fraction of sp³-hybridized carbons (Fsp3) is 0.710. The average Bonchev–Trinajstić information content (AvgIpc) is 3.34. The molecule has 0 aromatic carbocycles. The predicted octanol–water partition coefficient (Wildman–Crippen LogP) is 6.18. The van der Waals surface area contributed by atoms with Crippen molar-refractivity contribution in [1.82, 2.24) is 10.6 Å². The van der Waals surface area contributed by atoms with Gasteiger partial charge in [-0.25, -0.2) is 9.59 Å². The molecular weight excluding hydrogens is 526 g/mol. The van der Waals surface area contributed by atoms with E-state index in [2.05, 4.69) is 29.4 Å². The Morgan fingerprint density at radius 2 is 1.73 bits per heavy atom. The Balaban J connectivity index is 0.000000547. The van der Waals surface area contributed by atoms with Crippen molar-refractivity contribution in [2.45, 2.75) is 117 Å². The second-order valence-electron chi connectivity index (χ2n) is 12.4. The van der Waals surface area contributed by atoms with Crippen molar-refractivity contribution >= 4 is 35.5 Å². The molecule has 9 heteroatoms. The Labute approximate surface area is 243 Å². The Morgan fingerprint density at radius 1 is 1.07 bits per heavy atom. The van der Waals surface area contributed by atoms with Crippen LogP contribution in [0.25, 0.3) is 0 Å². The van der Waals surface area contributed by atoms with E-state index in [4.69, 9.17) is 4.74 Å². The summed E-state index contributed by atoms with van der Waals surface area (Å²) in [6.07, 6.45) is 12.1. The Kier molecular flexibility index (Phi) is 12.3. The minimum Gasteiger partial charge on any atom is -0.477 e. The summed E-state index contributed by atoms with van der Waals surface area (Å²) in [6, 6.07) is 1.55. The van der Waals surface area contributed by atoms with Crippen LogP contribution in [0.1, 0.15) is 113 Å². The number of ether oxygens (including phenoxy) is 1. The zero-order valence-electron chi connectivity index (χ0n) is 24.6. The number of carbonyl (C=O) groups is 3. The van der Waals surface area contributed by atoms with E-state index in [9.17, 15) is 19.5 Å². The molecule has 222 valence electrons. The summed E-state index contributed by atoms with van der Waals surface area (Å²) in [5.41, 5.74) is 0.181. The fourth-order valence-corrected chi connectivity index (χ4v) is 6.30. The summed E-state index contributed by atoms with van der Waals surface area (Å²) in [7, 11) is 0. The average molecular weight is 574 g/mol. The highest BCUT2D eigenvalue weighted by Crippen LogP contribution is 2.34. The van der Waals surface area contributed by atoms with Gasteiger partial charge in [-0.05, 0) is 84.4 Å². The van der Waals surface area contributed by atoms with Crippen LogP contribution < -0.4 is 15.5 Å². The van der Waals surface area contributed by atoms with Crippen molar-refractivity contribution in [2.24, 2.45) is 11.3 Å². The molecule has 0 spiro atoms. The largest absolute Gasteiger partial charge is 0.477 e. The van der Waals surface area contributed by atoms with Gasteiger partial charge in [0.2, 0.25) is 6.41 Å². The number of hydrogen-bond acceptors (Lipinski definition) is 6. The fourth-order valence-electron chi connectivity index (χ4n) is 5.45. The summed E-state index contributed by atoms with van der Waals surface area (Å²) >= 11 is 1.09. The smallest absolute Gasteiger partial charge is 0.407 e. The van der Waals surface area contributed by atoms with Gasteiger partial charge in [-0.15, -0.1) is 11.3 Å². The van der Waals surface area contributed by atoms with Crippen molar-refractivity contribution < 1.29 is 24.2 Å². The molecule has 1 aromatic rings. The second kappa shape index (κ2) is 15.4. The normalized spacial score (nSPS) is 22.1. The molecular formula is C31H47N3O5S. The van der Waals surface area contributed by atoms with Crippen LogP contribution in [-0.2, 0) is 9.53 Å². The van der Waals surface area contributed by atoms with Gasteiger partial charge in [0.05, 0.1) is 10.6 Å². The molecule has 40 heavy (non-hydrogen) atoms. The zero-order valence-corrected chi connectivity index (χ0v) is 25.4. The number of alkyl carbamates (subject to hydrolysis) is 1. The van der Waals surface area contributed by atoms with E-state index in [0.29, 0.717) is 42.7 Å². The minimum absolute atomic E-state index is 0.0152. The van der Waals surface area contributed by atoms with E-state index in [0.717, 1.165) is 43.2 Å². The Morgan fingerprint density at radius 3 is 2.25 bits per heavy atom. The van der Waals surface area contributed by atoms with Gasteiger partial charge in [-0.2, -0.15) is 0 Å². The lowest BCUT2D eigenvalue weighted by molar-refractivity contribution is -0.108. The lowest BCUT2D eigenvalue weighted by Crippen LogP contribution is -2.45. The number of carbonyl (C=O) groups excluding carboxylic acids is 2. The number of anilines is 1. The predicted molar refractivity (Wildman–Crippen MR) is 160 cm³/mol. The van der Waals surface area contributed by atoms with Crippen LogP contribution in [0.15, 0.2) is 6.07 Å². The minimum atomic E-state index is -1.07. The van der Waals surface area contributed by atoms with E-state index in [1.165, 1.54) is 37.0 Å². The maximum atomic E-state index is 12.2. The zero-order chi connectivity index (χ0) is 29.1. The number of nitrogens with one attached hydrogen (secondary N) is 2. The third-order valence-electron chi connectivity index (χ3n) is 7.72. The molecule has 0 radical (unpaired) electrons. The Hall–Kier alpha value is -2.57. The van der Waals surface area contributed by atoms with Crippen molar-refractivity contribution in [3.05, 3.63) is 15.8 Å². The van der Waals surface area contributed by atoms with Gasteiger partial charge >= 0.3 is 12.1 Å². The van der Waals surface area contributed by atoms with E-state index < -0.39 is 5.97 Å². The highest BCUT2D eigenvalue weighted by Gasteiger charge is 2.31. The molecule has 0 atom stereocenters. The standard InChI is InChI=1S/C24H33N3O5S.C7H14/c1-24(2,3)11-8-19-14-20(21(33-19)22(29)30)27(15-28)17-6-4-16(5-7-17)26-23(31)32-18-9-12-25-13-10-18;1-7-5-3-2-4-6-7/h14-18,25H,4-7,9-10,12-13H2,1-3H3,(H,26,31)(H,29,30);7H,2-6H2,1H3. The first-order valence-corrected chi connectivity index (χ1v) is 15.7. The SMILES string of the molecule is CC(C)(C)C#Cc1cc(N(C=O)C2CCC(NC(=O)OC3CCNCC3)CC2)c(C(=O)O)s1.CC1CCCCC1. The van der Waals surface area contributed by atoms with Crippen LogP contribution in [0.4, 0.5) is 10.5 Å². The topological polar surface area (TPSA) is 108 Å². The summed E-state index contributed by atoms with van der Waals surface area (Å²) in [5, 5.41) is 15.9. The molecule has 2 amide bonds. The van der Waals surface area contributed by atoms with Gasteiger partial charge in [0.1, 0.15) is 11.0 Å². The number of nitrogens with zero attached hydrogens (tertiary/aromatic N) is 1. The molecule has 3 aliphatic rings. The van der Waals surface area contributed by atoms with Gasteiger partial charge in [0.15, 0.2) is 0 Å². The van der Waals surface area contributed by atoms with Gasteiger partial charge in [0, 0.05) is 17.5 Å². The molecule has 1 aliphatic heterocycles. The van der Waals surface area contributed by atoms with E-state index in [1.807, 2.05) is 20.8 Å². The third-order valence-corrected chi connectivity index (χ3v) is 8.75. The molecule has 0 bridgehead atoms. The highest BCUT2D eigenvalue weighted by atomic mass is 32.1. The molecule has 0 unspecified atom stereocenters. The maximum absolute atomic E-state index is 12.2. The summed E-state index contributed by atoms with van der Waals surface area (Å²) in [4.78, 5) is 38.3. The lowest BCUT2D eigenvalue weighted by atomic mass is 9.90. The van der Waals surface area contributed by atoms with Crippen LogP contribution in [-0.4, -0.2) is 54.9 Å². The van der Waals surface area contributed by atoms with Crippen LogP contribution in [0, 0.1) is 23.2 Å². The summed E-state index contributed by atoms with van der Waals surface area (Å²) < 4.78 is 5.52. The number of carboxylic acids is 1. The molecule has 1 aromatic heterocycles. The molecule has 2 aliphatic carbocycles. The molecule has 4 rings (SSSR count). The van der Waals surface area contributed by atoms with Crippen LogP contribution in [0.3, 0.4) is 0 Å². The number of aromatic carboxylic acids is 1. The van der Waals surface area contributed by atoms with E-state index in [1.54, 1.807) is 6.07 Å². The van der Waals surface area contributed by atoms with Gasteiger partial charge in [-0.3, -0.25) is 4.79 Å². The van der Waals surface area contributed by atoms with Crippen molar-refractivity contribution in [3.63, 3.8) is 0 Å². The van der Waals surface area contributed by atoms with Crippen LogP contribution in [0.2, 0.25) is 0 Å². The van der Waals surface area contributed by atoms with Gasteiger partial charge in [0.25, 0.3) is 0 Å². The number of carboxylic acid groups (broad SMARTS) is 1. The molecule has 1 saturated heterocycles. The van der Waals surface area contributed by atoms with Crippen molar-refractivity contribution in [1.29, 1.82) is 0 Å². The van der Waals surface area contributed by atoms with Crippen molar-refractivity contribution in [2.75, 3.05) is 18.0 Å². The number of rotatable bonds is 6. The number of amides is 2. The Bertz CT molecular complexity index is 1030. The van der Waals surface area contributed by atoms with Crippen LogP contribution >= 0.6 is 11.3 Å². The summed E-state index contributed by atoms with van der Waals surface area (Å²) in [6.45, 7) is 10.0. The number of piperidine rings is 1. The molecule has 8 nitrogen and oxygen atoms in total. The van der Waals surface area contributed by atoms with Gasteiger partial charge < -0.3 is 25.4 Å². The third kappa shape index (κ3) is 10.4. The van der Waals surface area contributed by atoms with Crippen molar-refractivity contribution in [3.8, 4) is 11.8 Å². The first-order valence-electron chi connectivity index (χ1n) is 14.9. The maximum Gasteiger partial charge on any atom is 0.407 e. The van der Waals surface area contributed by atoms with Crippen LogP contribution in [0.5, 0.6) is 0 Å². The van der Waals surface area contributed by atoms with Gasteiger partial charge in [-0.1, -0.05) is 50.9 Å². The molecule has 2 saturated carbocycles.